The van der Waals surface area contributed by atoms with Gasteiger partial charge in [0.05, 0.1) is 0 Å². The number of rotatable bonds is 36. The van der Waals surface area contributed by atoms with E-state index >= 15 is 0 Å². The maximum Gasteiger partial charge on any atom is 0.185 e. The summed E-state index contributed by atoms with van der Waals surface area (Å²) in [7, 11) is 7.66. The van der Waals surface area contributed by atoms with Gasteiger partial charge in [-0.3, -0.25) is 0 Å². The summed E-state index contributed by atoms with van der Waals surface area (Å²) in [6.45, 7) is 14.2. The predicted octanol–water partition coefficient (Wildman–Crippen LogP) is 17.3. The van der Waals surface area contributed by atoms with Crippen LogP contribution in [0.2, 0.25) is 0 Å². The maximum atomic E-state index is 4.51. The quantitative estimate of drug-likeness (QED) is 0.0501. The number of unbranched alkanes of at least 4 members (excludes halogenated alkanes) is 26. The van der Waals surface area contributed by atoms with Gasteiger partial charge in [0.1, 0.15) is 0 Å². The molecular formula is C40H78N2S5. The third-order valence-corrected chi connectivity index (χ3v) is 17.6. The van der Waals surface area contributed by atoms with Gasteiger partial charge in [0.2, 0.25) is 0 Å². The van der Waals surface area contributed by atoms with E-state index in [0.717, 1.165) is 8.68 Å². The van der Waals surface area contributed by atoms with Crippen LogP contribution in [0.1, 0.15) is 234 Å². The molecule has 0 atom stereocenters. The van der Waals surface area contributed by atoms with Gasteiger partial charge in [0.25, 0.3) is 0 Å². The number of hydrogen-bond donors (Lipinski definition) is 0. The first-order valence-corrected chi connectivity index (χ1v) is 25.4. The van der Waals surface area contributed by atoms with E-state index < -0.39 is 0 Å². The first kappa shape index (κ1) is 46.0. The molecule has 0 aliphatic rings. The highest BCUT2D eigenvalue weighted by molar-refractivity contribution is 8.78. The van der Waals surface area contributed by atoms with Crippen molar-refractivity contribution in [2.75, 3.05) is 0 Å². The topological polar surface area (TPSA) is 25.8 Å². The molecule has 0 saturated carbocycles. The predicted molar refractivity (Wildman–Crippen MR) is 225 cm³/mol. The standard InChI is InChI=1S/C40H78N2S5/c1-7-9-11-13-15-17-19-21-23-25-27-29-31-33-35-39(3,4)46-44-37-41-42-38(43-37)45-47-40(5,6)36-34-32-30-28-26-24-22-20-18-16-14-12-10-8-2/h7-36H2,1-6H3. The molecule has 7 heteroatoms. The lowest BCUT2D eigenvalue weighted by molar-refractivity contribution is 0.519. The Bertz CT molecular complexity index is 735. The van der Waals surface area contributed by atoms with Crippen LogP contribution < -0.4 is 0 Å². The average molecular weight is 747 g/mol. The van der Waals surface area contributed by atoms with Crippen molar-refractivity contribution in [3.8, 4) is 0 Å². The van der Waals surface area contributed by atoms with Crippen LogP contribution in [0.3, 0.4) is 0 Å². The molecule has 1 rings (SSSR count). The van der Waals surface area contributed by atoms with Crippen LogP contribution in [-0.4, -0.2) is 19.7 Å². The second-order valence-electron chi connectivity index (χ2n) is 15.4. The molecule has 1 heterocycles. The fraction of sp³-hybridized carbons (Fsp3) is 0.950. The lowest BCUT2D eigenvalue weighted by Crippen LogP contribution is -2.12. The normalized spacial score (nSPS) is 12.4. The molecule has 0 aromatic carbocycles. The Balaban J connectivity index is 2.01. The third-order valence-electron chi connectivity index (χ3n) is 9.33. The minimum Gasteiger partial charge on any atom is -0.130 e. The lowest BCUT2D eigenvalue weighted by Gasteiger charge is -2.22. The van der Waals surface area contributed by atoms with Gasteiger partial charge >= 0.3 is 0 Å². The van der Waals surface area contributed by atoms with Crippen LogP contribution in [0.25, 0.3) is 0 Å². The molecule has 0 amide bonds. The van der Waals surface area contributed by atoms with Crippen molar-refractivity contribution in [2.45, 2.75) is 252 Å². The number of hydrogen-bond acceptors (Lipinski definition) is 7. The van der Waals surface area contributed by atoms with Crippen LogP contribution in [0.15, 0.2) is 8.68 Å². The molecule has 0 bridgehead atoms. The summed E-state index contributed by atoms with van der Waals surface area (Å²) in [5, 5.41) is 9.02. The molecule has 0 N–H and O–H groups in total. The van der Waals surface area contributed by atoms with Gasteiger partial charge in [-0.05, 0) is 62.1 Å². The van der Waals surface area contributed by atoms with E-state index in [1.54, 1.807) is 11.3 Å². The van der Waals surface area contributed by atoms with Gasteiger partial charge in [-0.25, -0.2) is 0 Å². The molecule has 0 fully saturated rings. The number of aromatic nitrogens is 2. The largest absolute Gasteiger partial charge is 0.185 e. The molecule has 47 heavy (non-hydrogen) atoms. The highest BCUT2D eigenvalue weighted by Gasteiger charge is 2.22. The van der Waals surface area contributed by atoms with Crippen LogP contribution in [0.4, 0.5) is 0 Å². The molecule has 1 aromatic heterocycles. The minimum atomic E-state index is 0.283. The van der Waals surface area contributed by atoms with Crippen molar-refractivity contribution < 1.29 is 0 Å². The van der Waals surface area contributed by atoms with Gasteiger partial charge in [-0.2, -0.15) is 0 Å². The molecule has 0 spiro atoms. The zero-order valence-corrected chi connectivity index (χ0v) is 36.2. The second kappa shape index (κ2) is 31.7. The van der Waals surface area contributed by atoms with E-state index in [-0.39, 0.29) is 9.49 Å². The Hall–Kier alpha value is 0.960. The second-order valence-corrected chi connectivity index (χ2v) is 22.5. The summed E-state index contributed by atoms with van der Waals surface area (Å²) in [5.41, 5.74) is 0. The van der Waals surface area contributed by atoms with Crippen LogP contribution in [0.5, 0.6) is 0 Å². The summed E-state index contributed by atoms with van der Waals surface area (Å²) >= 11 is 1.77. The first-order valence-electron chi connectivity index (χ1n) is 20.3. The van der Waals surface area contributed by atoms with E-state index in [2.05, 4.69) is 51.7 Å². The molecule has 0 radical (unpaired) electrons. The Morgan fingerprint density at radius 1 is 0.383 bits per heavy atom. The van der Waals surface area contributed by atoms with Gasteiger partial charge in [-0.15, -0.1) is 10.2 Å². The molecule has 0 unspecified atom stereocenters. The van der Waals surface area contributed by atoms with Crippen LogP contribution in [0, 0.1) is 0 Å². The van der Waals surface area contributed by atoms with Crippen molar-refractivity contribution in [1.82, 2.24) is 10.2 Å². The average Bonchev–Trinajstić information content (AvgIpc) is 3.51. The van der Waals surface area contributed by atoms with Crippen molar-refractivity contribution in [3.63, 3.8) is 0 Å². The van der Waals surface area contributed by atoms with Crippen LogP contribution >= 0.6 is 54.5 Å². The SMILES string of the molecule is CCCCCCCCCCCCCCCCC(C)(C)SSc1nnc(SSC(C)(C)CCCCCCCCCCCCCCCC)s1. The number of nitrogens with zero attached hydrogens (tertiary/aromatic N) is 2. The van der Waals surface area contributed by atoms with E-state index in [9.17, 15) is 0 Å². The molecule has 0 saturated heterocycles. The highest BCUT2D eigenvalue weighted by Crippen LogP contribution is 2.48. The van der Waals surface area contributed by atoms with Gasteiger partial charge in [-0.1, -0.05) is 227 Å². The Morgan fingerprint density at radius 3 is 0.872 bits per heavy atom. The molecule has 0 aliphatic carbocycles. The van der Waals surface area contributed by atoms with Crippen molar-refractivity contribution in [1.29, 1.82) is 0 Å². The summed E-state index contributed by atoms with van der Waals surface area (Å²) < 4.78 is 2.78. The Morgan fingerprint density at radius 2 is 0.617 bits per heavy atom. The van der Waals surface area contributed by atoms with Crippen LogP contribution in [-0.2, 0) is 0 Å². The molecule has 278 valence electrons. The van der Waals surface area contributed by atoms with E-state index in [1.165, 1.54) is 193 Å². The fourth-order valence-electron chi connectivity index (χ4n) is 6.14. The zero-order chi connectivity index (χ0) is 34.3. The Kier molecular flexibility index (Phi) is 31.0. The zero-order valence-electron chi connectivity index (χ0n) is 32.1. The summed E-state index contributed by atoms with van der Waals surface area (Å²) in [6.07, 6.45) is 42.6. The minimum absolute atomic E-state index is 0.283. The van der Waals surface area contributed by atoms with E-state index in [4.69, 9.17) is 0 Å². The molecule has 0 aliphatic heterocycles. The fourth-order valence-corrected chi connectivity index (χ4v) is 12.3. The third kappa shape index (κ3) is 30.3. The summed E-state index contributed by atoms with van der Waals surface area (Å²) in [6, 6.07) is 0. The van der Waals surface area contributed by atoms with Gasteiger partial charge in [0, 0.05) is 9.49 Å². The van der Waals surface area contributed by atoms with Gasteiger partial charge < -0.3 is 0 Å². The van der Waals surface area contributed by atoms with E-state index in [1.807, 2.05) is 43.2 Å². The molecule has 2 nitrogen and oxygen atoms in total. The van der Waals surface area contributed by atoms with Crippen molar-refractivity contribution >= 4 is 54.5 Å². The summed E-state index contributed by atoms with van der Waals surface area (Å²) in [4.78, 5) is 0. The van der Waals surface area contributed by atoms with Gasteiger partial charge in [0.15, 0.2) is 8.68 Å². The van der Waals surface area contributed by atoms with Crippen molar-refractivity contribution in [2.24, 2.45) is 0 Å². The lowest BCUT2D eigenvalue weighted by atomic mass is 10.0. The monoisotopic (exact) mass is 746 g/mol. The smallest absolute Gasteiger partial charge is 0.130 e. The summed E-state index contributed by atoms with van der Waals surface area (Å²) in [5.74, 6) is 0. The maximum absolute atomic E-state index is 4.51. The Labute approximate surface area is 315 Å². The molecular weight excluding hydrogens is 669 g/mol. The van der Waals surface area contributed by atoms with E-state index in [0.29, 0.717) is 0 Å². The van der Waals surface area contributed by atoms with Crippen molar-refractivity contribution in [3.05, 3.63) is 0 Å². The first-order chi connectivity index (χ1) is 22.8. The highest BCUT2D eigenvalue weighted by atomic mass is 33.1. The molecule has 1 aromatic rings.